The molecule has 0 amide bonds. The number of aliphatic hydroxyl groups is 1. The van der Waals surface area contributed by atoms with E-state index in [2.05, 4.69) is 10.1 Å². The van der Waals surface area contributed by atoms with E-state index in [0.717, 1.165) is 6.07 Å². The van der Waals surface area contributed by atoms with Gasteiger partial charge in [0.15, 0.2) is 15.6 Å². The monoisotopic (exact) mass is 521 g/mol. The molecule has 1 N–H and O–H groups in total. The van der Waals surface area contributed by atoms with Gasteiger partial charge < -0.3 is 9.84 Å². The smallest absolute Gasteiger partial charge is 0.235 e. The topological polar surface area (TPSA) is 111 Å². The summed E-state index contributed by atoms with van der Waals surface area (Å²) in [5.74, 6) is -0.888. The third kappa shape index (κ3) is 5.12. The zero-order valence-corrected chi connectivity index (χ0v) is 21.6. The number of pyridine rings is 1. The summed E-state index contributed by atoms with van der Waals surface area (Å²) < 4.78 is 58.1. The van der Waals surface area contributed by atoms with Crippen molar-refractivity contribution in [3.8, 4) is 17.0 Å². The highest BCUT2D eigenvalue weighted by Gasteiger charge is 2.45. The van der Waals surface area contributed by atoms with Crippen LogP contribution < -0.4 is 4.74 Å². The molecular formula is C25H29F2N3O5S. The molecule has 0 spiro atoms. The molecule has 2 atom stereocenters. The van der Waals surface area contributed by atoms with Crippen molar-refractivity contribution in [2.24, 2.45) is 5.41 Å². The summed E-state index contributed by atoms with van der Waals surface area (Å²) in [6.07, 6.45) is -0.211. The molecule has 1 aliphatic heterocycles. The summed E-state index contributed by atoms with van der Waals surface area (Å²) in [7, 11) is -3.11. The second-order valence-electron chi connectivity index (χ2n) is 10.5. The number of Topliss-reactive ketones (excluding diaryl/α,β-unsaturated/α-hetero) is 1. The molecule has 1 aliphatic rings. The summed E-state index contributed by atoms with van der Waals surface area (Å²) in [5.41, 5.74) is -0.756. The van der Waals surface area contributed by atoms with E-state index in [4.69, 9.17) is 4.74 Å². The van der Waals surface area contributed by atoms with Crippen LogP contribution in [0.25, 0.3) is 22.3 Å². The zero-order chi connectivity index (χ0) is 26.6. The van der Waals surface area contributed by atoms with Gasteiger partial charge in [0.1, 0.15) is 22.8 Å². The maximum absolute atomic E-state index is 14.9. The number of ether oxygens (including phenoxy) is 1. The van der Waals surface area contributed by atoms with E-state index in [1.54, 1.807) is 33.8 Å². The van der Waals surface area contributed by atoms with Crippen LogP contribution in [0.1, 0.15) is 57.4 Å². The van der Waals surface area contributed by atoms with Gasteiger partial charge in [-0.25, -0.2) is 17.2 Å². The second-order valence-corrected chi connectivity index (χ2v) is 12.5. The molecule has 1 saturated heterocycles. The zero-order valence-electron chi connectivity index (χ0n) is 20.7. The standard InChI is InChI=1S/C25H29F2N3O5S/c1-14(24(3,4)32)30-20-8-16(21(31)10-25(5)12-36(33,34)13-25)11-28-23(20)22(29-30)18-9-17(35-15(2)26)6-7-19(18)27/h6-9,11,14-15,32H,10,12-13H2,1-5H3/t14-,15?/m1/s1. The van der Waals surface area contributed by atoms with Crippen LogP contribution in [-0.2, 0) is 9.84 Å². The quantitative estimate of drug-likeness (QED) is 0.441. The van der Waals surface area contributed by atoms with Crippen molar-refractivity contribution in [3.63, 3.8) is 0 Å². The maximum Gasteiger partial charge on any atom is 0.235 e. The Labute approximate surface area is 208 Å². The number of ketones is 1. The van der Waals surface area contributed by atoms with E-state index < -0.39 is 39.1 Å². The van der Waals surface area contributed by atoms with Gasteiger partial charge in [0.2, 0.25) is 6.36 Å². The molecule has 0 aliphatic carbocycles. The molecular weight excluding hydrogens is 492 g/mol. The summed E-state index contributed by atoms with van der Waals surface area (Å²) in [4.78, 5) is 17.5. The Hall–Kier alpha value is -2.92. The van der Waals surface area contributed by atoms with Crippen molar-refractivity contribution in [2.75, 3.05) is 11.5 Å². The Bertz CT molecular complexity index is 1430. The number of hydrogen-bond donors (Lipinski definition) is 1. The summed E-state index contributed by atoms with van der Waals surface area (Å²) >= 11 is 0. The van der Waals surface area contributed by atoms with Crippen LogP contribution in [0.2, 0.25) is 0 Å². The van der Waals surface area contributed by atoms with Gasteiger partial charge in [0, 0.05) is 36.1 Å². The van der Waals surface area contributed by atoms with Gasteiger partial charge in [-0.1, -0.05) is 6.92 Å². The van der Waals surface area contributed by atoms with Crippen molar-refractivity contribution in [2.45, 2.75) is 59.0 Å². The van der Waals surface area contributed by atoms with Crippen LogP contribution in [0.15, 0.2) is 30.5 Å². The minimum Gasteiger partial charge on any atom is -0.461 e. The first kappa shape index (κ1) is 26.2. The maximum atomic E-state index is 14.9. The average molecular weight is 522 g/mol. The molecule has 1 fully saturated rings. The number of carbonyl (C=O) groups excluding carboxylic acids is 1. The molecule has 3 aromatic rings. The van der Waals surface area contributed by atoms with Crippen LogP contribution in [0.5, 0.6) is 5.75 Å². The fourth-order valence-electron chi connectivity index (χ4n) is 4.51. The van der Waals surface area contributed by atoms with Gasteiger partial charge in [-0.05, 0) is 45.0 Å². The molecule has 8 nitrogen and oxygen atoms in total. The number of aromatic nitrogens is 3. The van der Waals surface area contributed by atoms with Gasteiger partial charge >= 0.3 is 0 Å². The van der Waals surface area contributed by atoms with Gasteiger partial charge in [0.25, 0.3) is 0 Å². The fraction of sp³-hybridized carbons (Fsp3) is 0.480. The van der Waals surface area contributed by atoms with Crippen LogP contribution in [0.3, 0.4) is 0 Å². The Morgan fingerprint density at radius 1 is 1.28 bits per heavy atom. The molecule has 1 unspecified atom stereocenters. The Kier molecular flexibility index (Phi) is 6.45. The van der Waals surface area contributed by atoms with Crippen LogP contribution in [0.4, 0.5) is 8.78 Å². The number of halogens is 2. The number of alkyl halides is 1. The number of rotatable bonds is 8. The number of benzene rings is 1. The van der Waals surface area contributed by atoms with Crippen molar-refractivity contribution in [3.05, 3.63) is 41.8 Å². The largest absolute Gasteiger partial charge is 0.461 e. The van der Waals surface area contributed by atoms with Crippen molar-refractivity contribution in [1.82, 2.24) is 14.8 Å². The number of sulfone groups is 1. The molecule has 0 saturated carbocycles. The lowest BCUT2D eigenvalue weighted by Crippen LogP contribution is -2.47. The van der Waals surface area contributed by atoms with Crippen LogP contribution in [0, 0.1) is 11.2 Å². The number of hydrogen-bond acceptors (Lipinski definition) is 7. The molecule has 0 bridgehead atoms. The fourth-order valence-corrected chi connectivity index (χ4v) is 6.75. The average Bonchev–Trinajstić information content (AvgIpc) is 3.10. The molecule has 0 radical (unpaired) electrons. The third-order valence-corrected chi connectivity index (χ3v) is 8.75. The normalized spacial score (nSPS) is 18.4. The minimum atomic E-state index is -3.11. The van der Waals surface area contributed by atoms with Crippen LogP contribution >= 0.6 is 0 Å². The predicted octanol–water partition coefficient (Wildman–Crippen LogP) is 4.27. The Morgan fingerprint density at radius 2 is 1.94 bits per heavy atom. The molecule has 194 valence electrons. The lowest BCUT2D eigenvalue weighted by atomic mass is 9.86. The van der Waals surface area contributed by atoms with Gasteiger partial charge in [-0.15, -0.1) is 0 Å². The number of carbonyl (C=O) groups is 1. The number of nitrogens with zero attached hydrogens (tertiary/aromatic N) is 3. The molecule has 36 heavy (non-hydrogen) atoms. The van der Waals surface area contributed by atoms with Gasteiger partial charge in [0.05, 0.1) is 28.7 Å². The summed E-state index contributed by atoms with van der Waals surface area (Å²) in [6.45, 7) is 7.89. The van der Waals surface area contributed by atoms with E-state index in [-0.39, 0.29) is 51.8 Å². The number of fused-ring (bicyclic) bond motifs is 1. The summed E-state index contributed by atoms with van der Waals surface area (Å²) in [6, 6.07) is 4.75. The van der Waals surface area contributed by atoms with Gasteiger partial charge in [-0.2, -0.15) is 5.10 Å². The van der Waals surface area contributed by atoms with Crippen molar-refractivity contribution >= 4 is 26.7 Å². The van der Waals surface area contributed by atoms with Gasteiger partial charge in [-0.3, -0.25) is 14.5 Å². The first-order chi connectivity index (χ1) is 16.6. The Balaban J connectivity index is 1.82. The van der Waals surface area contributed by atoms with E-state index in [9.17, 15) is 27.1 Å². The van der Waals surface area contributed by atoms with Crippen molar-refractivity contribution in [1.29, 1.82) is 0 Å². The lowest BCUT2D eigenvalue weighted by molar-refractivity contribution is 0.0276. The molecule has 11 heteroatoms. The summed E-state index contributed by atoms with van der Waals surface area (Å²) in [5, 5.41) is 15.2. The predicted molar refractivity (Wildman–Crippen MR) is 131 cm³/mol. The first-order valence-electron chi connectivity index (χ1n) is 11.5. The highest BCUT2D eigenvalue weighted by atomic mass is 32.2. The molecule has 2 aromatic heterocycles. The minimum absolute atomic E-state index is 0.0265. The van der Waals surface area contributed by atoms with E-state index >= 15 is 0 Å². The highest BCUT2D eigenvalue weighted by Crippen LogP contribution is 2.38. The lowest BCUT2D eigenvalue weighted by Gasteiger charge is -2.37. The van der Waals surface area contributed by atoms with Crippen LogP contribution in [-0.4, -0.2) is 57.5 Å². The van der Waals surface area contributed by atoms with Crippen molar-refractivity contribution < 1.29 is 31.8 Å². The van der Waals surface area contributed by atoms with E-state index in [1.165, 1.54) is 29.9 Å². The second kappa shape index (κ2) is 8.88. The highest BCUT2D eigenvalue weighted by molar-refractivity contribution is 7.92. The molecule has 3 heterocycles. The molecule has 1 aromatic carbocycles. The van der Waals surface area contributed by atoms with E-state index in [0.29, 0.717) is 5.52 Å². The Morgan fingerprint density at radius 3 is 2.53 bits per heavy atom. The first-order valence-corrected chi connectivity index (χ1v) is 13.4. The van der Waals surface area contributed by atoms with E-state index in [1.807, 2.05) is 0 Å². The third-order valence-electron chi connectivity index (χ3n) is 6.47. The SMILES string of the molecule is CC(F)Oc1ccc(F)c(-c2nn([C@H](C)C(C)(C)O)c3cc(C(=O)CC4(C)CS(=O)(=O)C4)cnc23)c1. The molecule has 4 rings (SSSR count).